The Morgan fingerprint density at radius 2 is 1.79 bits per heavy atom. The van der Waals surface area contributed by atoms with Crippen LogP contribution in [0.25, 0.3) is 11.6 Å². The summed E-state index contributed by atoms with van der Waals surface area (Å²) in [4.78, 5) is 0. The van der Waals surface area contributed by atoms with Gasteiger partial charge in [-0.25, -0.2) is 4.39 Å². The molecule has 0 bridgehead atoms. The van der Waals surface area contributed by atoms with E-state index >= 15 is 0 Å². The van der Waals surface area contributed by atoms with E-state index in [9.17, 15) is 9.65 Å². The van der Waals surface area contributed by atoms with Gasteiger partial charge in [-0.15, -0.1) is 0 Å². The van der Waals surface area contributed by atoms with Gasteiger partial charge in [0.05, 0.1) is 18.8 Å². The van der Waals surface area contributed by atoms with Gasteiger partial charge in [0.25, 0.3) is 0 Å². The Balaban J connectivity index is 1.88. The molecule has 0 unspecified atom stereocenters. The summed E-state index contributed by atoms with van der Waals surface area (Å²) in [6, 6.07) is 21.5. The van der Waals surface area contributed by atoms with Crippen molar-refractivity contribution >= 4 is 27.6 Å². The van der Waals surface area contributed by atoms with Crippen molar-refractivity contribution in [3.8, 4) is 17.6 Å². The molecule has 0 atom stereocenters. The number of hydrogen-bond acceptors (Lipinski definition) is 3. The first-order chi connectivity index (χ1) is 13.6. The Morgan fingerprint density at radius 1 is 1.07 bits per heavy atom. The molecule has 0 heterocycles. The second-order valence-electron chi connectivity index (χ2n) is 5.98. The number of methoxy groups -OCH3 is 1. The Kier molecular flexibility index (Phi) is 6.46. The summed E-state index contributed by atoms with van der Waals surface area (Å²) >= 11 is 3.54. The number of benzene rings is 3. The highest BCUT2D eigenvalue weighted by atomic mass is 79.9. The lowest BCUT2D eigenvalue weighted by Gasteiger charge is -2.13. The molecule has 0 saturated carbocycles. The van der Waals surface area contributed by atoms with E-state index in [4.69, 9.17) is 9.47 Å². The average molecular weight is 438 g/mol. The topological polar surface area (TPSA) is 42.2 Å². The smallest absolute Gasteiger partial charge is 0.162 e. The molecule has 0 radical (unpaired) electrons. The minimum absolute atomic E-state index is 0.283. The average Bonchev–Trinajstić information content (AvgIpc) is 2.73. The summed E-state index contributed by atoms with van der Waals surface area (Å²) in [7, 11) is 1.56. The number of ether oxygens (including phenoxy) is 2. The second kappa shape index (κ2) is 9.20. The van der Waals surface area contributed by atoms with Gasteiger partial charge in [-0.1, -0.05) is 58.4 Å². The minimum Gasteiger partial charge on any atom is -0.493 e. The maximum Gasteiger partial charge on any atom is 0.162 e. The van der Waals surface area contributed by atoms with Crippen LogP contribution >= 0.6 is 15.9 Å². The fraction of sp³-hybridized carbons (Fsp3) is 0.0870. The summed E-state index contributed by atoms with van der Waals surface area (Å²) < 4.78 is 25.1. The number of rotatable bonds is 6. The van der Waals surface area contributed by atoms with Crippen molar-refractivity contribution in [1.82, 2.24) is 0 Å². The minimum atomic E-state index is -0.285. The summed E-state index contributed by atoms with van der Waals surface area (Å²) in [6.45, 7) is 0.283. The van der Waals surface area contributed by atoms with E-state index in [0.29, 0.717) is 17.1 Å². The van der Waals surface area contributed by atoms with Crippen molar-refractivity contribution in [2.75, 3.05) is 7.11 Å². The lowest BCUT2D eigenvalue weighted by molar-refractivity contribution is 0.284. The Labute approximate surface area is 171 Å². The molecule has 0 aliphatic carbocycles. The lowest BCUT2D eigenvalue weighted by Crippen LogP contribution is -1.98. The van der Waals surface area contributed by atoms with E-state index in [0.717, 1.165) is 21.2 Å². The number of allylic oxidation sites excluding steroid dienone is 1. The van der Waals surface area contributed by atoms with E-state index < -0.39 is 0 Å². The van der Waals surface area contributed by atoms with Crippen LogP contribution in [0.15, 0.2) is 71.2 Å². The standard InChI is InChI=1S/C23H17BrFNO2/c1-27-22-12-18(11-19(14-26)17-5-3-2-4-6-17)21(24)13-23(22)28-15-16-7-9-20(25)10-8-16/h2-13H,15H2,1H3. The van der Waals surface area contributed by atoms with Crippen LogP contribution in [0.2, 0.25) is 0 Å². The first-order valence-electron chi connectivity index (χ1n) is 8.52. The molecule has 140 valence electrons. The van der Waals surface area contributed by atoms with Gasteiger partial charge in [0.15, 0.2) is 11.5 Å². The predicted molar refractivity (Wildman–Crippen MR) is 111 cm³/mol. The fourth-order valence-corrected chi connectivity index (χ4v) is 3.07. The van der Waals surface area contributed by atoms with Gasteiger partial charge in [0.1, 0.15) is 12.4 Å². The largest absolute Gasteiger partial charge is 0.493 e. The maximum absolute atomic E-state index is 13.0. The molecule has 28 heavy (non-hydrogen) atoms. The molecule has 3 nitrogen and oxygen atoms in total. The van der Waals surface area contributed by atoms with E-state index in [1.54, 1.807) is 31.4 Å². The molecule has 0 amide bonds. The Morgan fingerprint density at radius 3 is 2.43 bits per heavy atom. The molecular formula is C23H17BrFNO2. The highest BCUT2D eigenvalue weighted by Gasteiger charge is 2.11. The molecule has 0 aromatic heterocycles. The molecule has 0 fully saturated rings. The lowest BCUT2D eigenvalue weighted by atomic mass is 10.0. The van der Waals surface area contributed by atoms with Gasteiger partial charge in [0.2, 0.25) is 0 Å². The SMILES string of the molecule is COc1cc(C=C(C#N)c2ccccc2)c(Br)cc1OCc1ccc(F)cc1. The number of hydrogen-bond donors (Lipinski definition) is 0. The van der Waals surface area contributed by atoms with Crippen molar-refractivity contribution in [1.29, 1.82) is 5.26 Å². The zero-order valence-corrected chi connectivity index (χ0v) is 16.7. The summed E-state index contributed by atoms with van der Waals surface area (Å²) in [5, 5.41) is 9.53. The predicted octanol–water partition coefficient (Wildman–Crippen LogP) is 6.24. The molecule has 5 heteroatoms. The molecule has 0 N–H and O–H groups in total. The molecule has 0 saturated heterocycles. The van der Waals surface area contributed by atoms with E-state index in [1.807, 2.05) is 36.4 Å². The molecule has 0 aliphatic heterocycles. The van der Waals surface area contributed by atoms with Crippen molar-refractivity contribution in [3.05, 3.63) is 93.7 Å². The van der Waals surface area contributed by atoms with Crippen LogP contribution in [0.3, 0.4) is 0 Å². The zero-order valence-electron chi connectivity index (χ0n) is 15.2. The highest BCUT2D eigenvalue weighted by molar-refractivity contribution is 9.10. The van der Waals surface area contributed by atoms with Gasteiger partial charge < -0.3 is 9.47 Å². The Bertz CT molecular complexity index is 1020. The zero-order chi connectivity index (χ0) is 19.9. The van der Waals surface area contributed by atoms with Gasteiger partial charge in [-0.3, -0.25) is 0 Å². The van der Waals surface area contributed by atoms with Gasteiger partial charge in [-0.05, 0) is 47.0 Å². The quantitative estimate of drug-likeness (QED) is 0.338. The number of halogens is 2. The normalized spacial score (nSPS) is 11.0. The van der Waals surface area contributed by atoms with E-state index in [1.165, 1.54) is 12.1 Å². The van der Waals surface area contributed by atoms with Crippen LogP contribution in [-0.2, 0) is 6.61 Å². The number of nitrogens with zero attached hydrogens (tertiary/aromatic N) is 1. The highest BCUT2D eigenvalue weighted by Crippen LogP contribution is 2.35. The van der Waals surface area contributed by atoms with Gasteiger partial charge in [0, 0.05) is 4.47 Å². The first-order valence-corrected chi connectivity index (χ1v) is 9.32. The van der Waals surface area contributed by atoms with Gasteiger partial charge >= 0.3 is 0 Å². The van der Waals surface area contributed by atoms with E-state index in [-0.39, 0.29) is 12.4 Å². The van der Waals surface area contributed by atoms with Crippen LogP contribution in [0, 0.1) is 17.1 Å². The first kappa shape index (κ1) is 19.7. The third-order valence-electron chi connectivity index (χ3n) is 4.10. The van der Waals surface area contributed by atoms with Crippen LogP contribution in [0.5, 0.6) is 11.5 Å². The molecular weight excluding hydrogens is 421 g/mol. The van der Waals surface area contributed by atoms with Crippen molar-refractivity contribution in [3.63, 3.8) is 0 Å². The van der Waals surface area contributed by atoms with Crippen LogP contribution < -0.4 is 9.47 Å². The summed E-state index contributed by atoms with van der Waals surface area (Å²) in [5.41, 5.74) is 3.03. The van der Waals surface area contributed by atoms with Crippen LogP contribution in [-0.4, -0.2) is 7.11 Å². The van der Waals surface area contributed by atoms with Gasteiger partial charge in [-0.2, -0.15) is 5.26 Å². The monoisotopic (exact) mass is 437 g/mol. The van der Waals surface area contributed by atoms with Crippen LogP contribution in [0.1, 0.15) is 16.7 Å². The Hall–Kier alpha value is -3.10. The molecule has 3 aromatic rings. The molecule has 0 aliphatic rings. The van der Waals surface area contributed by atoms with Crippen LogP contribution in [0.4, 0.5) is 4.39 Å². The summed E-state index contributed by atoms with van der Waals surface area (Å²) in [6.07, 6.45) is 1.80. The molecule has 3 rings (SSSR count). The maximum atomic E-state index is 13.0. The van der Waals surface area contributed by atoms with Crippen molar-refractivity contribution in [2.45, 2.75) is 6.61 Å². The number of nitriles is 1. The third-order valence-corrected chi connectivity index (χ3v) is 4.78. The second-order valence-corrected chi connectivity index (χ2v) is 6.83. The molecule has 3 aromatic carbocycles. The van der Waals surface area contributed by atoms with E-state index in [2.05, 4.69) is 22.0 Å². The summed E-state index contributed by atoms with van der Waals surface area (Å²) in [5.74, 6) is 0.808. The van der Waals surface area contributed by atoms with Crippen molar-refractivity contribution in [2.24, 2.45) is 0 Å². The molecule has 0 spiro atoms. The van der Waals surface area contributed by atoms with Crippen molar-refractivity contribution < 1.29 is 13.9 Å². The third kappa shape index (κ3) is 4.79. The fourth-order valence-electron chi connectivity index (χ4n) is 2.63.